The normalized spacial score (nSPS) is 21.1. The molecule has 2 aromatic carbocycles. The lowest BCUT2D eigenvalue weighted by molar-refractivity contribution is -0.0632. The molecule has 0 bridgehead atoms. The molecule has 1 fully saturated rings. The summed E-state index contributed by atoms with van der Waals surface area (Å²) in [6.45, 7) is 3.00. The molecular formula is C18H21NO2. The van der Waals surface area contributed by atoms with Crippen molar-refractivity contribution in [1.82, 2.24) is 4.90 Å². The smallest absolute Gasteiger partial charge is 0.0967 e. The first kappa shape index (κ1) is 14.3. The molecule has 3 heteroatoms. The molecule has 2 aromatic rings. The Morgan fingerprint density at radius 3 is 2.43 bits per heavy atom. The molecule has 0 spiro atoms. The van der Waals surface area contributed by atoms with E-state index in [1.165, 1.54) is 5.56 Å². The van der Waals surface area contributed by atoms with Gasteiger partial charge in [-0.1, -0.05) is 60.7 Å². The maximum absolute atomic E-state index is 10.7. The number of ether oxygens (including phenoxy) is 1. The second-order valence-corrected chi connectivity index (χ2v) is 5.45. The van der Waals surface area contributed by atoms with Gasteiger partial charge in [-0.25, -0.2) is 0 Å². The topological polar surface area (TPSA) is 32.7 Å². The summed E-state index contributed by atoms with van der Waals surface area (Å²) in [6.07, 6.45) is -0.518. The molecule has 1 unspecified atom stereocenters. The molecule has 3 rings (SSSR count). The Morgan fingerprint density at radius 2 is 1.71 bits per heavy atom. The number of nitrogens with zero attached hydrogens (tertiary/aromatic N) is 1. The monoisotopic (exact) mass is 283 g/mol. The van der Waals surface area contributed by atoms with Gasteiger partial charge in [-0.2, -0.15) is 0 Å². The lowest BCUT2D eigenvalue weighted by atomic mass is 10.00. The van der Waals surface area contributed by atoms with Crippen molar-refractivity contribution in [1.29, 1.82) is 0 Å². The van der Waals surface area contributed by atoms with E-state index in [1.54, 1.807) is 0 Å². The SMILES string of the molecule is O[C@H](c1ccccc1)C1COCCN1Cc1ccccc1. The second kappa shape index (κ2) is 6.85. The highest BCUT2D eigenvalue weighted by atomic mass is 16.5. The molecule has 0 aromatic heterocycles. The molecule has 0 saturated carbocycles. The third-order valence-electron chi connectivity index (χ3n) is 4.01. The van der Waals surface area contributed by atoms with Gasteiger partial charge in [-0.15, -0.1) is 0 Å². The molecule has 110 valence electrons. The minimum Gasteiger partial charge on any atom is -0.387 e. The highest BCUT2D eigenvalue weighted by molar-refractivity contribution is 5.20. The number of morpholine rings is 1. The van der Waals surface area contributed by atoms with Gasteiger partial charge in [0.1, 0.15) is 0 Å². The molecule has 1 N–H and O–H groups in total. The zero-order valence-electron chi connectivity index (χ0n) is 12.1. The molecule has 0 radical (unpaired) electrons. The van der Waals surface area contributed by atoms with Crippen molar-refractivity contribution in [3.63, 3.8) is 0 Å². The van der Waals surface area contributed by atoms with Crippen LogP contribution in [-0.2, 0) is 11.3 Å². The average Bonchev–Trinajstić information content (AvgIpc) is 2.56. The Morgan fingerprint density at radius 1 is 1.05 bits per heavy atom. The lowest BCUT2D eigenvalue weighted by Crippen LogP contribution is -2.48. The van der Waals surface area contributed by atoms with Crippen molar-refractivity contribution in [2.24, 2.45) is 0 Å². The second-order valence-electron chi connectivity index (χ2n) is 5.45. The Balaban J connectivity index is 1.75. The third-order valence-corrected chi connectivity index (χ3v) is 4.01. The van der Waals surface area contributed by atoms with Crippen molar-refractivity contribution in [3.05, 3.63) is 71.8 Å². The van der Waals surface area contributed by atoms with E-state index in [0.29, 0.717) is 6.61 Å². The summed E-state index contributed by atoms with van der Waals surface area (Å²) in [5.74, 6) is 0. The van der Waals surface area contributed by atoms with Crippen LogP contribution in [0.4, 0.5) is 0 Å². The molecule has 1 aliphatic heterocycles. The van der Waals surface area contributed by atoms with E-state index in [-0.39, 0.29) is 6.04 Å². The molecule has 1 aliphatic rings. The molecule has 0 amide bonds. The highest BCUT2D eigenvalue weighted by Gasteiger charge is 2.30. The number of aliphatic hydroxyl groups is 1. The van der Waals surface area contributed by atoms with Gasteiger partial charge in [0.05, 0.1) is 25.4 Å². The number of benzene rings is 2. The molecule has 2 atom stereocenters. The van der Waals surface area contributed by atoms with Gasteiger partial charge in [-0.3, -0.25) is 4.90 Å². The van der Waals surface area contributed by atoms with Gasteiger partial charge in [0, 0.05) is 13.1 Å². The fraction of sp³-hybridized carbons (Fsp3) is 0.333. The Hall–Kier alpha value is -1.68. The van der Waals surface area contributed by atoms with E-state index in [2.05, 4.69) is 29.2 Å². The Kier molecular flexibility index (Phi) is 4.65. The van der Waals surface area contributed by atoms with Crippen molar-refractivity contribution in [2.45, 2.75) is 18.7 Å². The van der Waals surface area contributed by atoms with Crippen molar-refractivity contribution >= 4 is 0 Å². The van der Waals surface area contributed by atoms with E-state index in [0.717, 1.165) is 25.3 Å². The van der Waals surface area contributed by atoms with Crippen LogP contribution in [0.3, 0.4) is 0 Å². The van der Waals surface area contributed by atoms with E-state index < -0.39 is 6.10 Å². The van der Waals surface area contributed by atoms with Crippen LogP contribution >= 0.6 is 0 Å². The quantitative estimate of drug-likeness (QED) is 0.936. The molecule has 21 heavy (non-hydrogen) atoms. The largest absolute Gasteiger partial charge is 0.387 e. The summed E-state index contributed by atoms with van der Waals surface area (Å²) in [5, 5.41) is 10.7. The predicted molar refractivity (Wildman–Crippen MR) is 82.9 cm³/mol. The van der Waals surface area contributed by atoms with Crippen LogP contribution in [0.1, 0.15) is 17.2 Å². The zero-order valence-corrected chi connectivity index (χ0v) is 12.1. The van der Waals surface area contributed by atoms with Crippen LogP contribution in [-0.4, -0.2) is 35.8 Å². The average molecular weight is 283 g/mol. The van der Waals surface area contributed by atoms with Gasteiger partial charge in [-0.05, 0) is 11.1 Å². The summed E-state index contributed by atoms with van der Waals surface area (Å²) in [4.78, 5) is 2.32. The standard InChI is InChI=1S/C18H21NO2/c20-18(16-9-5-2-6-10-16)17-14-21-12-11-19(17)13-15-7-3-1-4-8-15/h1-10,17-18,20H,11-14H2/t17?,18-/m1/s1. The Bertz CT molecular complexity index is 544. The number of hydrogen-bond donors (Lipinski definition) is 1. The minimum atomic E-state index is -0.518. The van der Waals surface area contributed by atoms with Gasteiger partial charge in [0.15, 0.2) is 0 Å². The van der Waals surface area contributed by atoms with Crippen LogP contribution in [0.5, 0.6) is 0 Å². The van der Waals surface area contributed by atoms with Gasteiger partial charge in [0.25, 0.3) is 0 Å². The van der Waals surface area contributed by atoms with Crippen LogP contribution in [0.2, 0.25) is 0 Å². The van der Waals surface area contributed by atoms with Crippen LogP contribution in [0.15, 0.2) is 60.7 Å². The summed E-state index contributed by atoms with van der Waals surface area (Å²) in [5.41, 5.74) is 2.22. The zero-order chi connectivity index (χ0) is 14.5. The molecule has 0 aliphatic carbocycles. The number of aliphatic hydroxyl groups excluding tert-OH is 1. The van der Waals surface area contributed by atoms with Crippen LogP contribution in [0, 0.1) is 0 Å². The molecule has 1 saturated heterocycles. The van der Waals surface area contributed by atoms with Crippen LogP contribution < -0.4 is 0 Å². The lowest BCUT2D eigenvalue weighted by Gasteiger charge is -2.38. The first-order valence-corrected chi connectivity index (χ1v) is 7.43. The summed E-state index contributed by atoms with van der Waals surface area (Å²) in [6, 6.07) is 20.2. The molecule has 1 heterocycles. The minimum absolute atomic E-state index is 0.00126. The van der Waals surface area contributed by atoms with E-state index in [4.69, 9.17) is 4.74 Å². The fourth-order valence-corrected chi connectivity index (χ4v) is 2.83. The molecular weight excluding hydrogens is 262 g/mol. The Labute approximate surface area is 125 Å². The maximum Gasteiger partial charge on any atom is 0.0967 e. The number of rotatable bonds is 4. The van der Waals surface area contributed by atoms with Gasteiger partial charge < -0.3 is 9.84 Å². The van der Waals surface area contributed by atoms with Crippen molar-refractivity contribution < 1.29 is 9.84 Å². The maximum atomic E-state index is 10.7. The van der Waals surface area contributed by atoms with Gasteiger partial charge in [0.2, 0.25) is 0 Å². The summed E-state index contributed by atoms with van der Waals surface area (Å²) >= 11 is 0. The van der Waals surface area contributed by atoms with Crippen molar-refractivity contribution in [3.8, 4) is 0 Å². The third kappa shape index (κ3) is 3.50. The first-order valence-electron chi connectivity index (χ1n) is 7.43. The van der Waals surface area contributed by atoms with E-state index in [1.807, 2.05) is 36.4 Å². The highest BCUT2D eigenvalue weighted by Crippen LogP contribution is 2.24. The number of hydrogen-bond acceptors (Lipinski definition) is 3. The van der Waals surface area contributed by atoms with E-state index in [9.17, 15) is 5.11 Å². The van der Waals surface area contributed by atoms with Crippen LogP contribution in [0.25, 0.3) is 0 Å². The fourth-order valence-electron chi connectivity index (χ4n) is 2.83. The summed E-state index contributed by atoms with van der Waals surface area (Å²) < 4.78 is 5.59. The first-order chi connectivity index (χ1) is 10.3. The van der Waals surface area contributed by atoms with Crippen molar-refractivity contribution in [2.75, 3.05) is 19.8 Å². The predicted octanol–water partition coefficient (Wildman–Crippen LogP) is 2.62. The van der Waals surface area contributed by atoms with E-state index >= 15 is 0 Å². The molecule has 3 nitrogen and oxygen atoms in total. The summed E-state index contributed by atoms with van der Waals surface area (Å²) in [7, 11) is 0. The van der Waals surface area contributed by atoms with Gasteiger partial charge >= 0.3 is 0 Å².